The minimum atomic E-state index is -5.54. The number of hydrogen-bond acceptors (Lipinski definition) is 14. The summed E-state index contributed by atoms with van der Waals surface area (Å²) >= 11 is 0. The van der Waals surface area contributed by atoms with Crippen molar-refractivity contribution in [3.63, 3.8) is 0 Å². The zero-order chi connectivity index (χ0) is 18.6. The van der Waals surface area contributed by atoms with Gasteiger partial charge in [0.1, 0.15) is 11.2 Å². The number of aliphatic hydroxyl groups excluding tert-OH is 2. The van der Waals surface area contributed by atoms with Gasteiger partial charge in [0.15, 0.2) is 15.2 Å². The van der Waals surface area contributed by atoms with Crippen LogP contribution in [-0.4, -0.2) is 35.6 Å². The van der Waals surface area contributed by atoms with E-state index in [2.05, 4.69) is 9.05 Å². The van der Waals surface area contributed by atoms with Crippen molar-refractivity contribution in [2.24, 2.45) is 0 Å². The Bertz CT molecular complexity index is 494. The molecule has 0 bridgehead atoms. The van der Waals surface area contributed by atoms with Crippen LogP contribution in [0.5, 0.6) is 0 Å². The fourth-order valence-corrected chi connectivity index (χ4v) is 4.25. The number of hydrogen-bond donors (Lipinski definition) is 2. The smallest absolute Gasteiger partial charge is 0.809 e. The van der Waals surface area contributed by atoms with Gasteiger partial charge in [-0.25, -0.2) is 0 Å². The summed E-state index contributed by atoms with van der Waals surface area (Å²) in [6.07, 6.45) is 0. The molecule has 0 saturated heterocycles. The second-order valence-corrected chi connectivity index (χ2v) is 11.0. The van der Waals surface area contributed by atoms with Gasteiger partial charge in [0, 0.05) is 14.2 Å². The first-order valence-corrected chi connectivity index (χ1v) is 11.0. The third kappa shape index (κ3) is 14.7. The van der Waals surface area contributed by atoms with Crippen LogP contribution in [0.3, 0.4) is 0 Å². The average molecular weight is 597 g/mol. The second-order valence-electron chi connectivity index (χ2n) is 3.22. The van der Waals surface area contributed by atoms with Crippen molar-refractivity contribution in [1.29, 1.82) is 0 Å². The van der Waals surface area contributed by atoms with Gasteiger partial charge in [-0.05, 0) is 15.2 Å². The molecule has 0 aromatic heterocycles. The molecule has 2 N–H and O–H groups in total. The second kappa shape index (κ2) is 14.1. The molecule has 0 saturated carbocycles. The first-order chi connectivity index (χ1) is 9.43. The van der Waals surface area contributed by atoms with E-state index in [0.29, 0.717) is 14.2 Å². The van der Waals surface area contributed by atoms with Gasteiger partial charge < -0.3 is 66.9 Å². The summed E-state index contributed by atoms with van der Waals surface area (Å²) in [5.41, 5.74) is -6.00. The van der Waals surface area contributed by atoms with Gasteiger partial charge in [-0.3, -0.25) is 0 Å². The molecule has 3 radical (unpaired) electrons. The molecule has 0 aromatic rings. The fraction of sp³-hybridized carbons (Fsp3) is 1.00. The number of rotatable bonds is 6. The molecule has 0 aliphatic carbocycles. The topological polar surface area (TPSA) is 266 Å². The molecular formula is C4H10Cu3O14P4. The standard InChI is InChI=1S/2C2H8O7P2.3Cu/c2*1-9-11(7,8)2(3)10(4,5)6;;;/h2*2-3H,1H3,(H,7,8)(H2,4,5,6);;;/q;;3*+2/p-6. The van der Waals surface area contributed by atoms with E-state index in [0.717, 1.165) is 0 Å². The monoisotopic (exact) mass is 595 g/mol. The van der Waals surface area contributed by atoms with Crippen LogP contribution in [0.4, 0.5) is 0 Å². The van der Waals surface area contributed by atoms with Crippen LogP contribution in [0.2, 0.25) is 0 Å². The Kier molecular flexibility index (Phi) is 21.3. The molecule has 14 nitrogen and oxygen atoms in total. The molecule has 0 aliphatic heterocycles. The molecule has 25 heavy (non-hydrogen) atoms. The van der Waals surface area contributed by atoms with Gasteiger partial charge in [-0.15, -0.1) is 0 Å². The molecule has 0 amide bonds. The van der Waals surface area contributed by atoms with Gasteiger partial charge in [-0.1, -0.05) is 0 Å². The zero-order valence-electron chi connectivity index (χ0n) is 11.6. The SMILES string of the molecule is COP(=O)([O-])C(O)P(=O)([O-])[O-].COP(=O)([O-])C(O)P(=O)([O-])[O-].[Cu+2].[Cu+2].[Cu+2]. The molecule has 4 atom stereocenters. The maximum atomic E-state index is 10.3. The van der Waals surface area contributed by atoms with E-state index in [9.17, 15) is 47.6 Å². The van der Waals surface area contributed by atoms with Crippen molar-refractivity contribution >= 4 is 30.4 Å². The maximum Gasteiger partial charge on any atom is 2.00 e. The van der Waals surface area contributed by atoms with E-state index in [1.807, 2.05) is 0 Å². The molecule has 0 aliphatic rings. The third-order valence-corrected chi connectivity index (χ3v) is 8.32. The van der Waals surface area contributed by atoms with Crippen LogP contribution in [0.25, 0.3) is 0 Å². The molecule has 4 unspecified atom stereocenters. The Balaban J connectivity index is -0.0000000952. The van der Waals surface area contributed by atoms with Gasteiger partial charge in [-0.2, -0.15) is 0 Å². The molecule has 0 spiro atoms. The largest absolute Gasteiger partial charge is 2.00 e. The first-order valence-electron chi connectivity index (χ1n) is 4.56. The van der Waals surface area contributed by atoms with Crippen LogP contribution < -0.4 is 29.4 Å². The summed E-state index contributed by atoms with van der Waals surface area (Å²) in [5, 5.41) is 16.6. The van der Waals surface area contributed by atoms with Crippen LogP contribution >= 0.6 is 30.4 Å². The quantitative estimate of drug-likeness (QED) is 0.214. The van der Waals surface area contributed by atoms with E-state index in [-0.39, 0.29) is 51.2 Å². The molecule has 0 rings (SSSR count). The van der Waals surface area contributed by atoms with Gasteiger partial charge in [0.05, 0.1) is 0 Å². The first kappa shape index (κ1) is 37.8. The minimum Gasteiger partial charge on any atom is -0.809 e. The summed E-state index contributed by atoms with van der Waals surface area (Å²) < 4.78 is 47.7. The van der Waals surface area contributed by atoms with E-state index in [1.54, 1.807) is 0 Å². The molecule has 21 heteroatoms. The summed E-state index contributed by atoms with van der Waals surface area (Å²) in [4.78, 5) is 60.3. The van der Waals surface area contributed by atoms with Gasteiger partial charge in [0.25, 0.3) is 0 Å². The third-order valence-electron chi connectivity index (χ3n) is 1.64. The predicted octanol–water partition coefficient (Wildman–Crippen LogP) is -5.26. The van der Waals surface area contributed by atoms with E-state index < -0.39 is 41.6 Å². The number of aliphatic hydroxyl groups is 2. The Hall–Kier alpha value is 2.08. The van der Waals surface area contributed by atoms with Gasteiger partial charge in [0.2, 0.25) is 0 Å². The Morgan fingerprint density at radius 1 is 0.640 bits per heavy atom. The normalized spacial score (nSPS) is 18.3. The van der Waals surface area contributed by atoms with Crippen molar-refractivity contribution in [1.82, 2.24) is 0 Å². The minimum absolute atomic E-state index is 0. The Labute approximate surface area is 173 Å². The van der Waals surface area contributed by atoms with Crippen molar-refractivity contribution in [2.45, 2.75) is 11.2 Å². The van der Waals surface area contributed by atoms with Crippen molar-refractivity contribution < 1.29 is 118 Å². The van der Waals surface area contributed by atoms with Crippen LogP contribution in [0, 0.1) is 0 Å². The zero-order valence-corrected chi connectivity index (χ0v) is 18.0. The van der Waals surface area contributed by atoms with Crippen LogP contribution in [0.1, 0.15) is 0 Å². The molecule has 163 valence electrons. The van der Waals surface area contributed by atoms with Crippen molar-refractivity contribution in [2.75, 3.05) is 14.2 Å². The summed E-state index contributed by atoms with van der Waals surface area (Å²) in [6.45, 7) is 0. The average Bonchev–Trinajstić information content (AvgIpc) is 2.35. The summed E-state index contributed by atoms with van der Waals surface area (Å²) in [7, 11) is -19.7. The van der Waals surface area contributed by atoms with E-state index in [4.69, 9.17) is 10.2 Å². The maximum absolute atomic E-state index is 10.3. The van der Waals surface area contributed by atoms with Crippen molar-refractivity contribution in [3.8, 4) is 0 Å². The van der Waals surface area contributed by atoms with Gasteiger partial charge >= 0.3 is 51.2 Å². The van der Waals surface area contributed by atoms with E-state index in [1.165, 1.54) is 0 Å². The van der Waals surface area contributed by atoms with Crippen LogP contribution in [-0.2, 0) is 78.5 Å². The van der Waals surface area contributed by atoms with Crippen LogP contribution in [0.15, 0.2) is 0 Å². The summed E-state index contributed by atoms with van der Waals surface area (Å²) in [6, 6.07) is 0. The summed E-state index contributed by atoms with van der Waals surface area (Å²) in [5.74, 6) is 0. The van der Waals surface area contributed by atoms with Crippen molar-refractivity contribution in [3.05, 3.63) is 0 Å². The Morgan fingerprint density at radius 3 is 0.840 bits per heavy atom. The molecule has 0 aromatic carbocycles. The van der Waals surface area contributed by atoms with E-state index >= 15 is 0 Å². The molecule has 0 fully saturated rings. The fourth-order valence-electron chi connectivity index (χ4n) is 0.535. The Morgan fingerprint density at radius 2 is 0.800 bits per heavy atom. The molecular weight excluding hydrogens is 587 g/mol. The molecule has 0 heterocycles. The predicted molar refractivity (Wildman–Crippen MR) is 56.5 cm³/mol.